The molecule has 20 heavy (non-hydrogen) atoms. The lowest BCUT2D eigenvalue weighted by Crippen LogP contribution is -2.03. The van der Waals surface area contributed by atoms with Crippen LogP contribution in [0.3, 0.4) is 0 Å². The zero-order chi connectivity index (χ0) is 13.9. The normalized spacial score (nSPS) is 16.9. The van der Waals surface area contributed by atoms with Crippen LogP contribution in [0.25, 0.3) is 0 Å². The standard InChI is InChI=1S/C16H16O3S/c17-16(18)8-3-11-1-4-12(5-2-11)19-14-6-7-15-13(14)9-10-20-15/h1-2,4-5,9-10,14H,3,6-8H2,(H,17,18). The van der Waals surface area contributed by atoms with Gasteiger partial charge in [-0.05, 0) is 48.4 Å². The van der Waals surface area contributed by atoms with Crippen LogP contribution < -0.4 is 4.74 Å². The second-order valence-corrected chi connectivity index (χ2v) is 5.98. The lowest BCUT2D eigenvalue weighted by atomic mass is 10.1. The third kappa shape index (κ3) is 2.85. The van der Waals surface area contributed by atoms with Gasteiger partial charge in [0, 0.05) is 16.9 Å². The number of benzene rings is 1. The Kier molecular flexibility index (Phi) is 3.74. The molecule has 0 bridgehead atoms. The van der Waals surface area contributed by atoms with Gasteiger partial charge in [0.15, 0.2) is 0 Å². The molecule has 0 saturated carbocycles. The molecule has 1 aromatic heterocycles. The summed E-state index contributed by atoms with van der Waals surface area (Å²) in [4.78, 5) is 12.0. The van der Waals surface area contributed by atoms with E-state index in [4.69, 9.17) is 9.84 Å². The Balaban J connectivity index is 1.63. The van der Waals surface area contributed by atoms with Gasteiger partial charge in [0.1, 0.15) is 11.9 Å². The number of carboxylic acids is 1. The molecule has 0 spiro atoms. The number of rotatable bonds is 5. The number of hydrogen-bond donors (Lipinski definition) is 1. The maximum absolute atomic E-state index is 10.5. The molecule has 1 atom stereocenters. The molecule has 0 saturated heterocycles. The van der Waals surface area contributed by atoms with Crippen LogP contribution in [-0.2, 0) is 17.6 Å². The molecule has 0 fully saturated rings. The van der Waals surface area contributed by atoms with Crippen molar-refractivity contribution in [1.29, 1.82) is 0 Å². The van der Waals surface area contributed by atoms with E-state index >= 15 is 0 Å². The maximum Gasteiger partial charge on any atom is 0.303 e. The Hall–Kier alpha value is -1.81. The van der Waals surface area contributed by atoms with Gasteiger partial charge in [-0.1, -0.05) is 12.1 Å². The van der Waals surface area contributed by atoms with Gasteiger partial charge in [-0.25, -0.2) is 0 Å². The molecule has 4 heteroatoms. The summed E-state index contributed by atoms with van der Waals surface area (Å²) >= 11 is 1.80. The molecular formula is C16H16O3S. The van der Waals surface area contributed by atoms with Crippen molar-refractivity contribution in [3.63, 3.8) is 0 Å². The van der Waals surface area contributed by atoms with Gasteiger partial charge in [0.2, 0.25) is 0 Å². The molecule has 0 amide bonds. The molecule has 0 radical (unpaired) electrons. The minimum absolute atomic E-state index is 0.168. The first-order chi connectivity index (χ1) is 9.72. The van der Waals surface area contributed by atoms with E-state index in [0.29, 0.717) is 6.42 Å². The van der Waals surface area contributed by atoms with Crippen molar-refractivity contribution in [2.75, 3.05) is 0 Å². The topological polar surface area (TPSA) is 46.5 Å². The van der Waals surface area contributed by atoms with Crippen molar-refractivity contribution in [3.05, 3.63) is 51.7 Å². The highest BCUT2D eigenvalue weighted by Crippen LogP contribution is 2.37. The van der Waals surface area contributed by atoms with E-state index in [0.717, 1.165) is 24.2 Å². The number of carbonyl (C=O) groups is 1. The Morgan fingerprint density at radius 1 is 1.30 bits per heavy atom. The minimum atomic E-state index is -0.763. The molecule has 2 aromatic rings. The predicted molar refractivity (Wildman–Crippen MR) is 78.4 cm³/mol. The van der Waals surface area contributed by atoms with Gasteiger partial charge >= 0.3 is 5.97 Å². The smallest absolute Gasteiger partial charge is 0.303 e. The van der Waals surface area contributed by atoms with E-state index in [1.54, 1.807) is 11.3 Å². The van der Waals surface area contributed by atoms with E-state index in [-0.39, 0.29) is 12.5 Å². The van der Waals surface area contributed by atoms with Crippen LogP contribution in [0, 0.1) is 0 Å². The second-order valence-electron chi connectivity index (χ2n) is 4.98. The molecule has 1 aliphatic carbocycles. The van der Waals surface area contributed by atoms with Crippen LogP contribution in [0.4, 0.5) is 0 Å². The molecular weight excluding hydrogens is 272 g/mol. The van der Waals surface area contributed by atoms with E-state index in [1.165, 1.54) is 10.4 Å². The first-order valence-corrected chi connectivity index (χ1v) is 7.64. The fourth-order valence-electron chi connectivity index (χ4n) is 2.53. The monoisotopic (exact) mass is 288 g/mol. The van der Waals surface area contributed by atoms with E-state index in [2.05, 4.69) is 11.4 Å². The number of ether oxygens (including phenoxy) is 1. The summed E-state index contributed by atoms with van der Waals surface area (Å²) in [5.41, 5.74) is 2.35. The summed E-state index contributed by atoms with van der Waals surface area (Å²) in [5, 5.41) is 10.8. The summed E-state index contributed by atoms with van der Waals surface area (Å²) in [6.07, 6.45) is 3.05. The highest BCUT2D eigenvalue weighted by molar-refractivity contribution is 7.10. The molecule has 1 heterocycles. The fraction of sp³-hybridized carbons (Fsp3) is 0.312. The molecule has 3 rings (SSSR count). The molecule has 1 aliphatic rings. The SMILES string of the molecule is O=C(O)CCc1ccc(OC2CCc3sccc32)cc1. The Morgan fingerprint density at radius 2 is 2.10 bits per heavy atom. The quantitative estimate of drug-likeness (QED) is 0.909. The van der Waals surface area contributed by atoms with Crippen LogP contribution in [0.5, 0.6) is 5.75 Å². The first-order valence-electron chi connectivity index (χ1n) is 6.76. The van der Waals surface area contributed by atoms with Crippen molar-refractivity contribution in [2.45, 2.75) is 31.8 Å². The molecule has 1 aromatic carbocycles. The Labute approximate surface area is 121 Å². The zero-order valence-corrected chi connectivity index (χ0v) is 11.9. The van der Waals surface area contributed by atoms with Crippen LogP contribution in [0.2, 0.25) is 0 Å². The third-order valence-electron chi connectivity index (χ3n) is 3.59. The van der Waals surface area contributed by atoms with Gasteiger partial charge in [-0.2, -0.15) is 0 Å². The molecule has 1 N–H and O–H groups in total. The number of aliphatic carboxylic acids is 1. The van der Waals surface area contributed by atoms with Crippen molar-refractivity contribution in [2.24, 2.45) is 0 Å². The first kappa shape index (κ1) is 13.2. The van der Waals surface area contributed by atoms with Crippen molar-refractivity contribution in [3.8, 4) is 5.75 Å². The largest absolute Gasteiger partial charge is 0.486 e. The molecule has 0 aliphatic heterocycles. The summed E-state index contributed by atoms with van der Waals surface area (Å²) in [6, 6.07) is 9.91. The van der Waals surface area contributed by atoms with Crippen molar-refractivity contribution >= 4 is 17.3 Å². The average molecular weight is 288 g/mol. The van der Waals surface area contributed by atoms with Gasteiger partial charge < -0.3 is 9.84 Å². The molecule has 104 valence electrons. The van der Waals surface area contributed by atoms with E-state index in [9.17, 15) is 4.79 Å². The number of thiophene rings is 1. The highest BCUT2D eigenvalue weighted by atomic mass is 32.1. The van der Waals surface area contributed by atoms with Crippen LogP contribution >= 0.6 is 11.3 Å². The molecule has 3 nitrogen and oxygen atoms in total. The minimum Gasteiger partial charge on any atom is -0.486 e. The van der Waals surface area contributed by atoms with E-state index < -0.39 is 5.97 Å². The lowest BCUT2D eigenvalue weighted by molar-refractivity contribution is -0.136. The molecule has 1 unspecified atom stereocenters. The van der Waals surface area contributed by atoms with Gasteiger partial charge in [-0.3, -0.25) is 4.79 Å². The highest BCUT2D eigenvalue weighted by Gasteiger charge is 2.24. The average Bonchev–Trinajstić information content (AvgIpc) is 3.03. The van der Waals surface area contributed by atoms with Crippen LogP contribution in [-0.4, -0.2) is 11.1 Å². The lowest BCUT2D eigenvalue weighted by Gasteiger charge is -2.14. The number of aryl methyl sites for hydroxylation is 2. The van der Waals surface area contributed by atoms with Gasteiger partial charge in [0.25, 0.3) is 0 Å². The fourth-order valence-corrected chi connectivity index (χ4v) is 3.48. The Morgan fingerprint density at radius 3 is 2.85 bits per heavy atom. The van der Waals surface area contributed by atoms with Gasteiger partial charge in [-0.15, -0.1) is 11.3 Å². The van der Waals surface area contributed by atoms with Crippen LogP contribution in [0.1, 0.15) is 34.9 Å². The number of fused-ring (bicyclic) bond motifs is 1. The summed E-state index contributed by atoms with van der Waals surface area (Å²) in [6.45, 7) is 0. The van der Waals surface area contributed by atoms with Crippen LogP contribution in [0.15, 0.2) is 35.7 Å². The third-order valence-corrected chi connectivity index (χ3v) is 4.59. The Bertz CT molecular complexity index is 600. The second kappa shape index (κ2) is 5.67. The predicted octanol–water partition coefficient (Wildman–Crippen LogP) is 3.83. The van der Waals surface area contributed by atoms with E-state index in [1.807, 2.05) is 24.3 Å². The summed E-state index contributed by atoms with van der Waals surface area (Å²) in [7, 11) is 0. The van der Waals surface area contributed by atoms with Gasteiger partial charge in [0.05, 0.1) is 0 Å². The zero-order valence-electron chi connectivity index (χ0n) is 11.0. The maximum atomic E-state index is 10.5. The van der Waals surface area contributed by atoms with Crippen molar-refractivity contribution < 1.29 is 14.6 Å². The number of hydrogen-bond acceptors (Lipinski definition) is 3. The van der Waals surface area contributed by atoms with Crippen molar-refractivity contribution in [1.82, 2.24) is 0 Å². The summed E-state index contributed by atoms with van der Waals surface area (Å²) in [5.74, 6) is 0.0920. The number of carboxylic acid groups (broad SMARTS) is 1. The summed E-state index contributed by atoms with van der Waals surface area (Å²) < 4.78 is 6.03.